The predicted octanol–water partition coefficient (Wildman–Crippen LogP) is 1.94. The van der Waals surface area contributed by atoms with E-state index in [1.54, 1.807) is 30.3 Å². The van der Waals surface area contributed by atoms with Gasteiger partial charge in [-0.2, -0.15) is 0 Å². The van der Waals surface area contributed by atoms with Crippen molar-refractivity contribution in [2.75, 3.05) is 21.1 Å². The lowest BCUT2D eigenvalue weighted by Crippen LogP contribution is -2.15. The molecule has 0 atom stereocenters. The van der Waals surface area contributed by atoms with Crippen molar-refractivity contribution in [1.29, 1.82) is 0 Å². The molecule has 0 bridgehead atoms. The summed E-state index contributed by atoms with van der Waals surface area (Å²) in [4.78, 5) is 10.9. The molecule has 0 unspecified atom stereocenters. The summed E-state index contributed by atoms with van der Waals surface area (Å²) in [6.07, 6.45) is 0. The fraction of sp³-hybridized carbons (Fsp3) is 0.214. The van der Waals surface area contributed by atoms with Gasteiger partial charge >= 0.3 is 0 Å². The van der Waals surface area contributed by atoms with Crippen LogP contribution in [0.15, 0.2) is 36.4 Å². The van der Waals surface area contributed by atoms with Crippen LogP contribution >= 0.6 is 0 Å². The molecule has 3 N–H and O–H groups in total. The van der Waals surface area contributed by atoms with E-state index < -0.39 is 10.0 Å². The highest BCUT2D eigenvalue weighted by Crippen LogP contribution is 2.18. The van der Waals surface area contributed by atoms with Gasteiger partial charge in [-0.25, -0.2) is 8.42 Å². The molecule has 9 heteroatoms. The van der Waals surface area contributed by atoms with Crippen LogP contribution in [0.4, 0.5) is 23.0 Å². The highest BCUT2D eigenvalue weighted by molar-refractivity contribution is 7.92. The Labute approximate surface area is 134 Å². The molecule has 0 aliphatic heterocycles. The summed E-state index contributed by atoms with van der Waals surface area (Å²) in [7, 11) is -3.37. The van der Waals surface area contributed by atoms with E-state index in [1.165, 1.54) is 19.9 Å². The topological polar surface area (TPSA) is 113 Å². The second kappa shape index (κ2) is 7.05. The van der Waals surface area contributed by atoms with Gasteiger partial charge in [-0.15, -0.1) is 10.2 Å². The van der Waals surface area contributed by atoms with Crippen LogP contribution < -0.4 is 15.4 Å². The van der Waals surface area contributed by atoms with Crippen molar-refractivity contribution in [3.63, 3.8) is 0 Å². The molecule has 0 fully saturated rings. The molecule has 1 aromatic heterocycles. The monoisotopic (exact) mass is 335 g/mol. The Morgan fingerprint density at radius 2 is 1.57 bits per heavy atom. The molecule has 8 nitrogen and oxygen atoms in total. The maximum Gasteiger partial charge on any atom is 0.233 e. The van der Waals surface area contributed by atoms with Crippen LogP contribution in [-0.4, -0.2) is 30.3 Å². The predicted molar refractivity (Wildman–Crippen MR) is 89.1 cm³/mol. The zero-order valence-electron chi connectivity index (χ0n) is 12.7. The molecular weight excluding hydrogens is 318 g/mol. The van der Waals surface area contributed by atoms with E-state index in [0.717, 1.165) is 5.69 Å². The second-order valence-corrected chi connectivity index (χ2v) is 6.70. The SMILES string of the molecule is CCS(=O)(=O)Nc1ccc(Nc2ccc(NC(C)=O)cc2)nn1. The first-order valence-electron chi connectivity index (χ1n) is 6.87. The van der Waals surface area contributed by atoms with Gasteiger partial charge in [0.25, 0.3) is 0 Å². The van der Waals surface area contributed by atoms with Crippen molar-refractivity contribution in [3.05, 3.63) is 36.4 Å². The van der Waals surface area contributed by atoms with Gasteiger partial charge in [0.05, 0.1) is 5.75 Å². The van der Waals surface area contributed by atoms with Gasteiger partial charge in [-0.05, 0) is 43.3 Å². The van der Waals surface area contributed by atoms with Crippen molar-refractivity contribution in [2.45, 2.75) is 13.8 Å². The number of hydrogen-bond donors (Lipinski definition) is 3. The highest BCUT2D eigenvalue weighted by Gasteiger charge is 2.08. The molecule has 23 heavy (non-hydrogen) atoms. The summed E-state index contributed by atoms with van der Waals surface area (Å²) >= 11 is 0. The number of rotatable bonds is 6. The Balaban J connectivity index is 2.02. The third-order valence-corrected chi connectivity index (χ3v) is 4.06. The zero-order chi connectivity index (χ0) is 16.9. The smallest absolute Gasteiger partial charge is 0.233 e. The largest absolute Gasteiger partial charge is 0.339 e. The molecule has 0 saturated heterocycles. The lowest BCUT2D eigenvalue weighted by Gasteiger charge is -2.08. The van der Waals surface area contributed by atoms with E-state index in [1.807, 2.05) is 0 Å². The van der Waals surface area contributed by atoms with E-state index in [4.69, 9.17) is 0 Å². The summed E-state index contributed by atoms with van der Waals surface area (Å²) in [5.41, 5.74) is 1.45. The number of benzene rings is 1. The first-order chi connectivity index (χ1) is 10.9. The van der Waals surface area contributed by atoms with Crippen molar-refractivity contribution in [3.8, 4) is 0 Å². The van der Waals surface area contributed by atoms with E-state index >= 15 is 0 Å². The molecule has 1 heterocycles. The normalized spacial score (nSPS) is 10.9. The molecule has 2 rings (SSSR count). The first kappa shape index (κ1) is 16.7. The van der Waals surface area contributed by atoms with Gasteiger partial charge in [0, 0.05) is 18.3 Å². The fourth-order valence-corrected chi connectivity index (χ4v) is 2.24. The van der Waals surface area contributed by atoms with E-state index in [-0.39, 0.29) is 17.5 Å². The Hall–Kier alpha value is -2.68. The second-order valence-electron chi connectivity index (χ2n) is 4.69. The third kappa shape index (κ3) is 5.22. The summed E-state index contributed by atoms with van der Waals surface area (Å²) in [5, 5.41) is 13.4. The highest BCUT2D eigenvalue weighted by atomic mass is 32.2. The van der Waals surface area contributed by atoms with Gasteiger partial charge in [-0.1, -0.05) is 0 Å². The maximum atomic E-state index is 11.4. The number of carbonyl (C=O) groups is 1. The molecule has 0 aliphatic rings. The van der Waals surface area contributed by atoms with Crippen LogP contribution in [0, 0.1) is 0 Å². The molecule has 0 aliphatic carbocycles. The molecule has 0 radical (unpaired) electrons. The molecular formula is C14H17N5O3S. The lowest BCUT2D eigenvalue weighted by molar-refractivity contribution is -0.114. The summed E-state index contributed by atoms with van der Waals surface area (Å²) in [6.45, 7) is 2.98. The number of nitrogens with one attached hydrogen (secondary N) is 3. The fourth-order valence-electron chi connectivity index (χ4n) is 1.67. The number of hydrogen-bond acceptors (Lipinski definition) is 6. The first-order valence-corrected chi connectivity index (χ1v) is 8.52. The van der Waals surface area contributed by atoms with Gasteiger partial charge in [-0.3, -0.25) is 9.52 Å². The standard InChI is InChI=1S/C14H17N5O3S/c1-3-23(21,22)19-14-9-8-13(17-18-14)16-12-6-4-11(5-7-12)15-10(2)20/h4-9H,3H2,1-2H3,(H,15,20)(H,16,17)(H,18,19). The van der Waals surface area contributed by atoms with Gasteiger partial charge in [0.1, 0.15) is 0 Å². The van der Waals surface area contributed by atoms with Crippen LogP contribution in [0.5, 0.6) is 0 Å². The third-order valence-electron chi connectivity index (χ3n) is 2.78. The molecule has 1 amide bonds. The van der Waals surface area contributed by atoms with Crippen LogP contribution in [0.1, 0.15) is 13.8 Å². The van der Waals surface area contributed by atoms with Crippen LogP contribution in [0.3, 0.4) is 0 Å². The molecule has 1 aromatic carbocycles. The molecule has 122 valence electrons. The Bertz CT molecular complexity index is 773. The molecule has 0 spiro atoms. The van der Waals surface area contributed by atoms with E-state index in [0.29, 0.717) is 11.5 Å². The Morgan fingerprint density at radius 1 is 1.00 bits per heavy atom. The minimum absolute atomic E-state index is 0.0324. The van der Waals surface area contributed by atoms with Gasteiger partial charge in [0.15, 0.2) is 11.6 Å². The van der Waals surface area contributed by atoms with Crippen LogP contribution in [-0.2, 0) is 14.8 Å². The summed E-state index contributed by atoms with van der Waals surface area (Å²) in [5.74, 6) is 0.465. The maximum absolute atomic E-state index is 11.4. The Kier molecular flexibility index (Phi) is 5.12. The van der Waals surface area contributed by atoms with Crippen LogP contribution in [0.2, 0.25) is 0 Å². The number of nitrogens with zero attached hydrogens (tertiary/aromatic N) is 2. The van der Waals surface area contributed by atoms with Gasteiger partial charge < -0.3 is 10.6 Å². The number of carbonyl (C=O) groups excluding carboxylic acids is 1. The zero-order valence-corrected chi connectivity index (χ0v) is 13.5. The van der Waals surface area contributed by atoms with Crippen molar-refractivity contribution in [2.24, 2.45) is 0 Å². The van der Waals surface area contributed by atoms with E-state index in [9.17, 15) is 13.2 Å². The summed E-state index contributed by atoms with van der Waals surface area (Å²) < 4.78 is 25.2. The Morgan fingerprint density at radius 3 is 2.09 bits per heavy atom. The van der Waals surface area contributed by atoms with Crippen molar-refractivity contribution in [1.82, 2.24) is 10.2 Å². The number of amides is 1. The average Bonchev–Trinajstić information content (AvgIpc) is 2.50. The number of aromatic nitrogens is 2. The van der Waals surface area contributed by atoms with Gasteiger partial charge in [0.2, 0.25) is 15.9 Å². The minimum atomic E-state index is -3.37. The number of anilines is 4. The average molecular weight is 335 g/mol. The van der Waals surface area contributed by atoms with Crippen molar-refractivity contribution < 1.29 is 13.2 Å². The quantitative estimate of drug-likeness (QED) is 0.743. The molecule has 2 aromatic rings. The van der Waals surface area contributed by atoms with Crippen LogP contribution in [0.25, 0.3) is 0 Å². The lowest BCUT2D eigenvalue weighted by atomic mass is 10.2. The molecule has 0 saturated carbocycles. The minimum Gasteiger partial charge on any atom is -0.339 e. The number of sulfonamides is 1. The van der Waals surface area contributed by atoms with Crippen molar-refractivity contribution >= 4 is 38.9 Å². The summed E-state index contributed by atoms with van der Waals surface area (Å²) in [6, 6.07) is 10.2. The van der Waals surface area contributed by atoms with E-state index in [2.05, 4.69) is 25.6 Å².